The van der Waals surface area contributed by atoms with E-state index in [4.69, 9.17) is 47.4 Å². The van der Waals surface area contributed by atoms with Crippen molar-refractivity contribution in [1.82, 2.24) is 4.90 Å². The Balaban J connectivity index is 2.05. The van der Waals surface area contributed by atoms with Crippen molar-refractivity contribution in [2.24, 2.45) is 11.8 Å². The molecule has 2 saturated heterocycles. The van der Waals surface area contributed by atoms with E-state index in [1.165, 1.54) is 21.0 Å². The van der Waals surface area contributed by atoms with Gasteiger partial charge in [0.2, 0.25) is 0 Å². The summed E-state index contributed by atoms with van der Waals surface area (Å²) in [5.41, 5.74) is -1.32. The van der Waals surface area contributed by atoms with Crippen LogP contribution < -0.4 is 0 Å². The average molecular weight is 898 g/mol. The summed E-state index contributed by atoms with van der Waals surface area (Å²) in [6.45, 7) is 14.5. The van der Waals surface area contributed by atoms with Crippen molar-refractivity contribution in [3.8, 4) is 0 Å². The number of hydrogen-bond acceptors (Lipinski definition) is 18. The molecular formula is C45H71NO17. The van der Waals surface area contributed by atoms with Gasteiger partial charge in [-0.05, 0) is 66.1 Å². The molecule has 0 radical (unpaired) electrons. The first-order valence-electron chi connectivity index (χ1n) is 21.9. The standard InChI is InChI=1S/C45H71NO17/c1-13-34(50)59-33-23-36(52)55-26(4)22-32(58-29(7)48)18-16-15-17-25(3)21-31(19-20-47)41(42(33)54-12)62-44-39(53)38(46(10)11)40(27(5)57-44)61-37-24-45(9,63-30(8)49)43(28(6)56-37)60-35(51)14-2/h15-18,20,25-28,31-33,37-44,53H,13-14,19,21-24H2,1-12H3. The first-order valence-corrected chi connectivity index (χ1v) is 21.9. The Morgan fingerprint density at radius 3 is 2.11 bits per heavy atom. The SMILES string of the molecule is CCC(=O)OC1CC(=O)OC(C)CC(OC(C)=O)C=CC=CC(C)CC(CC=O)C(OC2OC(C)C(OC3CC(C)(OC(C)=O)C(OC(=O)CC)C(C)O3)C(N(C)C)C2O)C1OC. The van der Waals surface area contributed by atoms with Gasteiger partial charge in [0.05, 0.1) is 30.8 Å². The number of rotatable bonds is 14. The first kappa shape index (κ1) is 53.6. The maximum Gasteiger partial charge on any atom is 0.309 e. The van der Waals surface area contributed by atoms with Crippen molar-refractivity contribution in [2.75, 3.05) is 21.2 Å². The molecule has 0 aromatic rings. The Labute approximate surface area is 371 Å². The van der Waals surface area contributed by atoms with Gasteiger partial charge < -0.3 is 62.2 Å². The molecule has 0 aromatic heterocycles. The molecule has 0 bridgehead atoms. The third-order valence-corrected chi connectivity index (χ3v) is 11.4. The Hall–Kier alpha value is -3.78. The van der Waals surface area contributed by atoms with Crippen LogP contribution in [0.5, 0.6) is 0 Å². The third kappa shape index (κ3) is 15.7. The topological polar surface area (TPSA) is 218 Å². The Morgan fingerprint density at radius 1 is 0.873 bits per heavy atom. The van der Waals surface area contributed by atoms with E-state index < -0.39 is 127 Å². The van der Waals surface area contributed by atoms with E-state index >= 15 is 0 Å². The van der Waals surface area contributed by atoms with E-state index in [9.17, 15) is 33.9 Å². The largest absolute Gasteiger partial charge is 0.462 e. The van der Waals surface area contributed by atoms with Crippen LogP contribution in [0.2, 0.25) is 0 Å². The predicted molar refractivity (Wildman–Crippen MR) is 224 cm³/mol. The van der Waals surface area contributed by atoms with Crippen LogP contribution in [0, 0.1) is 11.8 Å². The Morgan fingerprint density at radius 2 is 1.52 bits per heavy atom. The summed E-state index contributed by atoms with van der Waals surface area (Å²) < 4.78 is 60.5. The quantitative estimate of drug-likeness (QED) is 0.148. The van der Waals surface area contributed by atoms with Crippen molar-refractivity contribution in [1.29, 1.82) is 0 Å². The lowest BCUT2D eigenvalue weighted by atomic mass is 9.84. The molecule has 2 fully saturated rings. The summed E-state index contributed by atoms with van der Waals surface area (Å²) >= 11 is 0. The van der Waals surface area contributed by atoms with Crippen LogP contribution in [-0.2, 0) is 76.1 Å². The minimum Gasteiger partial charge on any atom is -0.462 e. The van der Waals surface area contributed by atoms with Crippen LogP contribution in [0.4, 0.5) is 0 Å². The monoisotopic (exact) mass is 897 g/mol. The molecular weight excluding hydrogens is 826 g/mol. The molecule has 16 atom stereocenters. The maximum atomic E-state index is 13.6. The Kier molecular flexibility index (Phi) is 21.3. The van der Waals surface area contributed by atoms with Crippen LogP contribution in [0.3, 0.4) is 0 Å². The number of esters is 5. The molecule has 63 heavy (non-hydrogen) atoms. The van der Waals surface area contributed by atoms with Gasteiger partial charge in [0.1, 0.15) is 42.9 Å². The Bertz CT molecular complexity index is 1590. The zero-order valence-corrected chi connectivity index (χ0v) is 38.9. The molecule has 3 aliphatic heterocycles. The van der Waals surface area contributed by atoms with Crippen LogP contribution in [0.1, 0.15) is 107 Å². The number of aldehydes is 1. The van der Waals surface area contributed by atoms with Crippen molar-refractivity contribution < 1.29 is 81.2 Å². The van der Waals surface area contributed by atoms with Gasteiger partial charge >= 0.3 is 29.8 Å². The molecule has 0 spiro atoms. The number of allylic oxidation sites excluding steroid dienone is 3. The molecule has 1 N–H and O–H groups in total. The van der Waals surface area contributed by atoms with E-state index in [1.54, 1.807) is 78.8 Å². The normalized spacial score (nSPS) is 37.0. The van der Waals surface area contributed by atoms with Crippen LogP contribution in [-0.4, -0.2) is 153 Å². The van der Waals surface area contributed by atoms with Crippen LogP contribution in [0.25, 0.3) is 0 Å². The van der Waals surface area contributed by atoms with Gasteiger partial charge in [-0.25, -0.2) is 0 Å². The van der Waals surface area contributed by atoms with Gasteiger partial charge in [-0.2, -0.15) is 0 Å². The fourth-order valence-corrected chi connectivity index (χ4v) is 8.60. The molecule has 3 heterocycles. The number of aliphatic hydroxyl groups is 1. The van der Waals surface area contributed by atoms with Crippen molar-refractivity contribution in [3.63, 3.8) is 0 Å². The highest BCUT2D eigenvalue weighted by Gasteiger charge is 2.54. The second-order valence-corrected chi connectivity index (χ2v) is 17.1. The summed E-state index contributed by atoms with van der Waals surface area (Å²) in [7, 11) is 4.86. The summed E-state index contributed by atoms with van der Waals surface area (Å²) in [6.07, 6.45) is -4.19. The third-order valence-electron chi connectivity index (χ3n) is 11.4. The minimum absolute atomic E-state index is 0.0166. The number of carbonyl (C=O) groups is 6. The highest BCUT2D eigenvalue weighted by atomic mass is 16.7. The molecule has 3 aliphatic rings. The van der Waals surface area contributed by atoms with E-state index in [0.29, 0.717) is 6.42 Å². The predicted octanol–water partition coefficient (Wildman–Crippen LogP) is 3.91. The summed E-state index contributed by atoms with van der Waals surface area (Å²) in [5.74, 6) is -3.75. The zero-order valence-electron chi connectivity index (χ0n) is 38.9. The lowest BCUT2D eigenvalue weighted by Crippen LogP contribution is -2.66. The average Bonchev–Trinajstić information content (AvgIpc) is 3.17. The maximum absolute atomic E-state index is 13.6. The molecule has 18 nitrogen and oxygen atoms in total. The van der Waals surface area contributed by atoms with E-state index in [-0.39, 0.29) is 38.0 Å². The summed E-state index contributed by atoms with van der Waals surface area (Å²) in [5, 5.41) is 12.2. The second kappa shape index (κ2) is 25.1. The highest BCUT2D eigenvalue weighted by molar-refractivity contribution is 5.73. The molecule has 16 unspecified atom stereocenters. The molecule has 3 rings (SSSR count). The van der Waals surface area contributed by atoms with Crippen molar-refractivity contribution in [2.45, 2.75) is 193 Å². The molecule has 0 amide bonds. The van der Waals surface area contributed by atoms with Crippen molar-refractivity contribution in [3.05, 3.63) is 24.3 Å². The van der Waals surface area contributed by atoms with Crippen LogP contribution >= 0.6 is 0 Å². The van der Waals surface area contributed by atoms with Crippen LogP contribution in [0.15, 0.2) is 24.3 Å². The van der Waals surface area contributed by atoms with E-state index in [2.05, 4.69) is 0 Å². The van der Waals surface area contributed by atoms with Gasteiger partial charge in [0, 0.05) is 53.1 Å². The number of aliphatic hydroxyl groups excluding tert-OH is 1. The minimum atomic E-state index is -1.41. The summed E-state index contributed by atoms with van der Waals surface area (Å²) in [6, 6.07) is -0.806. The number of carbonyl (C=O) groups excluding carboxylic acids is 6. The zero-order chi connectivity index (χ0) is 47.2. The smallest absolute Gasteiger partial charge is 0.309 e. The number of likely N-dealkylation sites (N-methyl/N-ethyl adjacent to an activating group) is 1. The number of hydrogen-bond donors (Lipinski definition) is 1. The molecule has 0 aliphatic carbocycles. The van der Waals surface area contributed by atoms with Gasteiger partial charge in [0.25, 0.3) is 0 Å². The fraction of sp³-hybridized carbons (Fsp3) is 0.778. The van der Waals surface area contributed by atoms with Gasteiger partial charge in [0.15, 0.2) is 24.3 Å². The van der Waals surface area contributed by atoms with Gasteiger partial charge in [-0.3, -0.25) is 24.0 Å². The van der Waals surface area contributed by atoms with Crippen molar-refractivity contribution >= 4 is 36.1 Å². The highest BCUT2D eigenvalue weighted by Crippen LogP contribution is 2.39. The number of nitrogens with zero attached hydrogens (tertiary/aromatic N) is 1. The van der Waals surface area contributed by atoms with E-state index in [1.807, 2.05) is 13.0 Å². The number of cyclic esters (lactones) is 1. The lowest BCUT2D eigenvalue weighted by Gasteiger charge is -2.50. The first-order chi connectivity index (χ1) is 29.7. The van der Waals surface area contributed by atoms with Gasteiger partial charge in [-0.15, -0.1) is 0 Å². The molecule has 358 valence electrons. The molecule has 0 aromatic carbocycles. The lowest BCUT2D eigenvalue weighted by molar-refractivity contribution is -0.344. The van der Waals surface area contributed by atoms with Gasteiger partial charge in [-0.1, -0.05) is 39.0 Å². The number of ether oxygens (including phenoxy) is 10. The fourth-order valence-electron chi connectivity index (χ4n) is 8.60. The number of methoxy groups -OCH3 is 1. The molecule has 18 heteroatoms. The van der Waals surface area contributed by atoms with E-state index in [0.717, 1.165) is 6.29 Å². The molecule has 0 saturated carbocycles. The second-order valence-electron chi connectivity index (χ2n) is 17.1. The summed E-state index contributed by atoms with van der Waals surface area (Å²) in [4.78, 5) is 77.2.